The van der Waals surface area contributed by atoms with Gasteiger partial charge in [-0.25, -0.2) is 4.98 Å². The van der Waals surface area contributed by atoms with Gasteiger partial charge < -0.3 is 9.47 Å². The van der Waals surface area contributed by atoms with E-state index in [9.17, 15) is 4.79 Å². The molecule has 3 aromatic heterocycles. The average Bonchev–Trinajstić information content (AvgIpc) is 3.23. The molecule has 7 heteroatoms. The number of hydrogen-bond donors (Lipinski definition) is 1. The third kappa shape index (κ3) is 3.77. The van der Waals surface area contributed by atoms with E-state index in [1.54, 1.807) is 6.20 Å². The number of rotatable bonds is 4. The molecule has 0 unspecified atom stereocenters. The molecule has 30 heavy (non-hydrogen) atoms. The van der Waals surface area contributed by atoms with Crippen LogP contribution in [0.1, 0.15) is 36.7 Å². The summed E-state index contributed by atoms with van der Waals surface area (Å²) in [4.78, 5) is 29.6. The lowest BCUT2D eigenvalue weighted by Crippen LogP contribution is -2.40. The van der Waals surface area contributed by atoms with Gasteiger partial charge in [-0.15, -0.1) is 0 Å². The SMILES string of the molecule is C[C@@H]1CCCN(c2nc3c(c(=O)[nH]2)CN(Cc2cccn2-c2cccnc2)CC3)C1. The fraction of sp³-hybridized carbons (Fsp3) is 0.435. The Bertz CT molecular complexity index is 1070. The molecule has 5 heterocycles. The normalized spacial score (nSPS) is 19.6. The predicted octanol–water partition coefficient (Wildman–Crippen LogP) is 2.75. The molecule has 0 amide bonds. The van der Waals surface area contributed by atoms with Crippen molar-refractivity contribution in [2.45, 2.75) is 39.3 Å². The van der Waals surface area contributed by atoms with Gasteiger partial charge in [0.2, 0.25) is 5.95 Å². The Balaban J connectivity index is 1.34. The van der Waals surface area contributed by atoms with Crippen molar-refractivity contribution in [2.24, 2.45) is 5.92 Å². The van der Waals surface area contributed by atoms with Crippen LogP contribution in [0.5, 0.6) is 0 Å². The topological polar surface area (TPSA) is 70.1 Å². The molecular weight excluding hydrogens is 376 g/mol. The number of nitrogens with one attached hydrogen (secondary N) is 1. The van der Waals surface area contributed by atoms with Crippen molar-refractivity contribution in [2.75, 3.05) is 24.5 Å². The van der Waals surface area contributed by atoms with E-state index in [2.05, 4.69) is 55.7 Å². The van der Waals surface area contributed by atoms with Gasteiger partial charge in [-0.05, 0) is 43.0 Å². The van der Waals surface area contributed by atoms with Gasteiger partial charge in [0.25, 0.3) is 5.56 Å². The molecule has 156 valence electrons. The summed E-state index contributed by atoms with van der Waals surface area (Å²) in [5, 5.41) is 0. The van der Waals surface area contributed by atoms with Crippen LogP contribution >= 0.6 is 0 Å². The first-order valence-electron chi connectivity index (χ1n) is 10.8. The van der Waals surface area contributed by atoms with Crippen molar-refractivity contribution in [3.63, 3.8) is 0 Å². The summed E-state index contributed by atoms with van der Waals surface area (Å²) in [6.07, 6.45) is 8.93. The molecule has 2 aliphatic rings. The van der Waals surface area contributed by atoms with E-state index in [0.29, 0.717) is 12.5 Å². The number of pyridine rings is 1. The summed E-state index contributed by atoms with van der Waals surface area (Å²) >= 11 is 0. The highest BCUT2D eigenvalue weighted by Gasteiger charge is 2.25. The summed E-state index contributed by atoms with van der Waals surface area (Å²) in [5.41, 5.74) is 4.03. The number of aromatic amines is 1. The van der Waals surface area contributed by atoms with Crippen LogP contribution in [0.15, 0.2) is 47.7 Å². The molecular formula is C23H28N6O. The van der Waals surface area contributed by atoms with E-state index in [1.165, 1.54) is 12.1 Å². The monoisotopic (exact) mass is 404 g/mol. The number of H-pyrrole nitrogens is 1. The molecule has 3 aromatic rings. The molecule has 1 fully saturated rings. The van der Waals surface area contributed by atoms with Crippen LogP contribution in [0, 0.1) is 5.92 Å². The smallest absolute Gasteiger partial charge is 0.257 e. The first-order valence-corrected chi connectivity index (χ1v) is 10.8. The molecule has 0 aliphatic carbocycles. The zero-order chi connectivity index (χ0) is 20.5. The Hall–Kier alpha value is -2.93. The van der Waals surface area contributed by atoms with E-state index in [4.69, 9.17) is 4.98 Å². The summed E-state index contributed by atoms with van der Waals surface area (Å²) in [7, 11) is 0. The molecule has 0 aromatic carbocycles. The van der Waals surface area contributed by atoms with Gasteiger partial charge in [0.1, 0.15) is 0 Å². The van der Waals surface area contributed by atoms with Crippen LogP contribution in [0.25, 0.3) is 5.69 Å². The maximum absolute atomic E-state index is 12.9. The second-order valence-electron chi connectivity index (χ2n) is 8.55. The Morgan fingerprint density at radius 3 is 3.00 bits per heavy atom. The third-order valence-electron chi connectivity index (χ3n) is 6.23. The van der Waals surface area contributed by atoms with Gasteiger partial charge in [-0.1, -0.05) is 6.92 Å². The van der Waals surface area contributed by atoms with Crippen molar-refractivity contribution in [1.82, 2.24) is 24.4 Å². The van der Waals surface area contributed by atoms with Crippen LogP contribution in [0.4, 0.5) is 5.95 Å². The van der Waals surface area contributed by atoms with Gasteiger partial charge in [0.05, 0.1) is 23.1 Å². The summed E-state index contributed by atoms with van der Waals surface area (Å²) in [6.45, 7) is 6.53. The maximum atomic E-state index is 12.9. The van der Waals surface area contributed by atoms with Crippen molar-refractivity contribution >= 4 is 5.95 Å². The third-order valence-corrected chi connectivity index (χ3v) is 6.23. The molecule has 0 spiro atoms. The summed E-state index contributed by atoms with van der Waals surface area (Å²) in [6, 6.07) is 8.19. The summed E-state index contributed by atoms with van der Waals surface area (Å²) in [5.74, 6) is 1.40. The second kappa shape index (κ2) is 8.07. The van der Waals surface area contributed by atoms with Gasteiger partial charge in [-0.3, -0.25) is 19.7 Å². The minimum atomic E-state index is 0.0144. The highest BCUT2D eigenvalue weighted by atomic mass is 16.1. The quantitative estimate of drug-likeness (QED) is 0.724. The second-order valence-corrected chi connectivity index (χ2v) is 8.55. The lowest BCUT2D eigenvalue weighted by molar-refractivity contribution is 0.237. The standard InChI is InChI=1S/C23H28N6O/c1-17-5-3-10-28(14-17)23-25-21-8-12-27(16-20(21)22(30)26-23)15-19-7-4-11-29(19)18-6-2-9-24-13-18/h2,4,6-7,9,11,13,17H,3,5,8,10,12,14-16H2,1H3,(H,25,26,30)/t17-/m1/s1. The van der Waals surface area contributed by atoms with Crippen molar-refractivity contribution in [3.05, 3.63) is 70.2 Å². The van der Waals surface area contributed by atoms with Crippen LogP contribution in [0.2, 0.25) is 0 Å². The van der Waals surface area contributed by atoms with Crippen molar-refractivity contribution in [3.8, 4) is 5.69 Å². The lowest BCUT2D eigenvalue weighted by Gasteiger charge is -2.33. The molecule has 2 aliphatic heterocycles. The van der Waals surface area contributed by atoms with Crippen LogP contribution < -0.4 is 10.5 Å². The fourth-order valence-electron chi connectivity index (χ4n) is 4.66. The molecule has 0 bridgehead atoms. The predicted molar refractivity (Wildman–Crippen MR) is 117 cm³/mol. The van der Waals surface area contributed by atoms with Gasteiger partial charge in [0.15, 0.2) is 0 Å². The number of piperidine rings is 1. The Labute approximate surface area is 176 Å². The zero-order valence-electron chi connectivity index (χ0n) is 17.4. The Morgan fingerprint density at radius 2 is 2.17 bits per heavy atom. The van der Waals surface area contributed by atoms with Gasteiger partial charge >= 0.3 is 0 Å². The van der Waals surface area contributed by atoms with E-state index in [0.717, 1.165) is 61.9 Å². The maximum Gasteiger partial charge on any atom is 0.257 e. The number of hydrogen-bond acceptors (Lipinski definition) is 5. The minimum Gasteiger partial charge on any atom is -0.342 e. The Kier molecular flexibility index (Phi) is 5.12. The fourth-order valence-corrected chi connectivity index (χ4v) is 4.66. The molecule has 1 N–H and O–H groups in total. The molecule has 7 nitrogen and oxygen atoms in total. The molecule has 5 rings (SSSR count). The zero-order valence-corrected chi connectivity index (χ0v) is 17.4. The Morgan fingerprint density at radius 1 is 1.23 bits per heavy atom. The number of nitrogens with zero attached hydrogens (tertiary/aromatic N) is 5. The van der Waals surface area contributed by atoms with Crippen molar-refractivity contribution < 1.29 is 0 Å². The molecule has 0 saturated carbocycles. The first kappa shape index (κ1) is 19.1. The number of fused-ring (bicyclic) bond motifs is 1. The largest absolute Gasteiger partial charge is 0.342 e. The van der Waals surface area contributed by atoms with Crippen LogP contribution in [-0.2, 0) is 19.5 Å². The molecule has 1 atom stereocenters. The van der Waals surface area contributed by atoms with Crippen LogP contribution in [0.3, 0.4) is 0 Å². The van der Waals surface area contributed by atoms with Gasteiger partial charge in [0, 0.05) is 57.2 Å². The highest BCUT2D eigenvalue weighted by Crippen LogP contribution is 2.23. The number of anilines is 1. The minimum absolute atomic E-state index is 0.0144. The summed E-state index contributed by atoms with van der Waals surface area (Å²) < 4.78 is 2.16. The van der Waals surface area contributed by atoms with E-state index in [-0.39, 0.29) is 5.56 Å². The first-order chi connectivity index (χ1) is 14.7. The van der Waals surface area contributed by atoms with Gasteiger partial charge in [-0.2, -0.15) is 0 Å². The lowest BCUT2D eigenvalue weighted by atomic mass is 10.0. The van der Waals surface area contributed by atoms with Crippen molar-refractivity contribution in [1.29, 1.82) is 0 Å². The molecule has 0 radical (unpaired) electrons. The van der Waals surface area contributed by atoms with Crippen LogP contribution in [-0.4, -0.2) is 44.1 Å². The average molecular weight is 405 g/mol. The van der Waals surface area contributed by atoms with E-state index >= 15 is 0 Å². The van der Waals surface area contributed by atoms with E-state index < -0.39 is 0 Å². The molecule has 1 saturated heterocycles. The van der Waals surface area contributed by atoms with E-state index in [1.807, 2.05) is 12.3 Å². The highest BCUT2D eigenvalue weighted by molar-refractivity contribution is 5.35. The number of aromatic nitrogens is 4.